The maximum absolute atomic E-state index is 12.8. The van der Waals surface area contributed by atoms with Gasteiger partial charge in [-0.3, -0.25) is 4.79 Å². The standard InChI is InChI=1S/C21H29N3O2/c1-2-6-16-9-10-19(25)24-13-15-11-17(20(16)24)14-23(12-15)21(26)22-18-7-4-3-5-8-18/h2,6,9-10,15,17-18H,3-5,7-8,11-14H2,1H3,(H,22,26)/t15-,17-/m0/s1. The SMILES string of the molecule is CC=Cc1ccc(=O)n2c1[C@H]1C[C@@H](CN(C(=O)NC3CCCCC3)C1)C2. The summed E-state index contributed by atoms with van der Waals surface area (Å²) in [5.74, 6) is 0.622. The van der Waals surface area contributed by atoms with E-state index in [0.29, 0.717) is 18.5 Å². The molecule has 2 amide bonds. The molecule has 0 aromatic carbocycles. The monoisotopic (exact) mass is 355 g/mol. The Bertz CT molecular complexity index is 761. The van der Waals surface area contributed by atoms with Gasteiger partial charge < -0.3 is 14.8 Å². The van der Waals surface area contributed by atoms with Crippen LogP contribution in [0.2, 0.25) is 0 Å². The Labute approximate surface area is 155 Å². The molecule has 2 fully saturated rings. The number of nitrogens with zero attached hydrogens (tertiary/aromatic N) is 2. The van der Waals surface area contributed by atoms with Crippen LogP contribution in [0.1, 0.15) is 62.6 Å². The van der Waals surface area contributed by atoms with Crippen molar-refractivity contribution in [2.45, 2.75) is 64.0 Å². The first-order chi connectivity index (χ1) is 12.7. The molecular weight excluding hydrogens is 326 g/mol. The van der Waals surface area contributed by atoms with E-state index in [1.165, 1.54) is 19.3 Å². The molecule has 3 heterocycles. The average molecular weight is 355 g/mol. The number of amides is 2. The van der Waals surface area contributed by atoms with Crippen LogP contribution in [0.25, 0.3) is 6.08 Å². The number of fused-ring (bicyclic) bond motifs is 4. The summed E-state index contributed by atoms with van der Waals surface area (Å²) in [5.41, 5.74) is 2.31. The first-order valence-corrected chi connectivity index (χ1v) is 10.1. The molecule has 1 saturated heterocycles. The fourth-order valence-electron chi connectivity index (χ4n) is 5.05. The molecule has 5 nitrogen and oxygen atoms in total. The zero-order valence-corrected chi connectivity index (χ0v) is 15.6. The Morgan fingerprint density at radius 3 is 2.73 bits per heavy atom. The van der Waals surface area contributed by atoms with Gasteiger partial charge in [-0.15, -0.1) is 0 Å². The summed E-state index contributed by atoms with van der Waals surface area (Å²) in [6.07, 6.45) is 11.1. The van der Waals surface area contributed by atoms with E-state index in [-0.39, 0.29) is 17.5 Å². The molecule has 1 aromatic rings. The van der Waals surface area contributed by atoms with Crippen molar-refractivity contribution in [2.24, 2.45) is 5.92 Å². The maximum atomic E-state index is 12.8. The molecule has 26 heavy (non-hydrogen) atoms. The lowest BCUT2D eigenvalue weighted by molar-refractivity contribution is 0.127. The molecule has 5 heteroatoms. The molecular formula is C21H29N3O2. The van der Waals surface area contributed by atoms with Crippen molar-refractivity contribution in [3.8, 4) is 0 Å². The van der Waals surface area contributed by atoms with Gasteiger partial charge in [-0.2, -0.15) is 0 Å². The van der Waals surface area contributed by atoms with E-state index >= 15 is 0 Å². The van der Waals surface area contributed by atoms with Crippen molar-refractivity contribution in [1.82, 2.24) is 14.8 Å². The Kier molecular flexibility index (Phi) is 4.88. The van der Waals surface area contributed by atoms with Crippen molar-refractivity contribution in [3.05, 3.63) is 39.8 Å². The second-order valence-corrected chi connectivity index (χ2v) is 8.11. The van der Waals surface area contributed by atoms with Crippen LogP contribution in [0.4, 0.5) is 4.79 Å². The number of hydrogen-bond acceptors (Lipinski definition) is 2. The van der Waals surface area contributed by atoms with Gasteiger partial charge >= 0.3 is 6.03 Å². The highest BCUT2D eigenvalue weighted by Crippen LogP contribution is 2.37. The molecule has 2 atom stereocenters. The fourth-order valence-corrected chi connectivity index (χ4v) is 5.05. The normalized spacial score (nSPS) is 26.0. The van der Waals surface area contributed by atoms with Crippen LogP contribution in [0, 0.1) is 5.92 Å². The second-order valence-electron chi connectivity index (χ2n) is 8.11. The minimum atomic E-state index is 0.0862. The summed E-state index contributed by atoms with van der Waals surface area (Å²) in [4.78, 5) is 27.2. The number of hydrogen-bond donors (Lipinski definition) is 1. The van der Waals surface area contributed by atoms with Crippen LogP contribution in [-0.2, 0) is 6.54 Å². The number of rotatable bonds is 2. The Morgan fingerprint density at radius 2 is 1.96 bits per heavy atom. The van der Waals surface area contributed by atoms with E-state index in [2.05, 4.69) is 11.4 Å². The Hall–Kier alpha value is -2.04. The molecule has 140 valence electrons. The molecule has 1 aromatic heterocycles. The quantitative estimate of drug-likeness (QED) is 0.884. The van der Waals surface area contributed by atoms with Gasteiger partial charge in [0.15, 0.2) is 0 Å². The molecule has 0 spiro atoms. The highest BCUT2D eigenvalue weighted by molar-refractivity contribution is 5.75. The minimum Gasteiger partial charge on any atom is -0.335 e. The molecule has 0 radical (unpaired) electrons. The molecule has 3 aliphatic rings. The Balaban J connectivity index is 1.55. The van der Waals surface area contributed by atoms with E-state index < -0.39 is 0 Å². The van der Waals surface area contributed by atoms with E-state index in [1.54, 1.807) is 6.07 Å². The van der Waals surface area contributed by atoms with Gasteiger partial charge in [-0.05, 0) is 43.7 Å². The van der Waals surface area contributed by atoms with Crippen molar-refractivity contribution in [2.75, 3.05) is 13.1 Å². The zero-order valence-electron chi connectivity index (χ0n) is 15.6. The smallest absolute Gasteiger partial charge is 0.317 e. The number of pyridine rings is 1. The number of urea groups is 1. The number of aromatic nitrogens is 1. The third-order valence-electron chi connectivity index (χ3n) is 6.19. The van der Waals surface area contributed by atoms with Crippen LogP contribution in [-0.4, -0.2) is 34.6 Å². The topological polar surface area (TPSA) is 54.3 Å². The van der Waals surface area contributed by atoms with Gasteiger partial charge in [0.1, 0.15) is 0 Å². The van der Waals surface area contributed by atoms with Gasteiger partial charge in [0.2, 0.25) is 0 Å². The first-order valence-electron chi connectivity index (χ1n) is 10.1. The van der Waals surface area contributed by atoms with Crippen LogP contribution >= 0.6 is 0 Å². The second kappa shape index (κ2) is 7.29. The van der Waals surface area contributed by atoms with Crippen LogP contribution in [0.15, 0.2) is 23.0 Å². The first kappa shape index (κ1) is 17.4. The summed E-state index contributed by atoms with van der Waals surface area (Å²) in [5, 5.41) is 3.26. The van der Waals surface area contributed by atoms with Crippen molar-refractivity contribution in [3.63, 3.8) is 0 Å². The van der Waals surface area contributed by atoms with Crippen molar-refractivity contribution in [1.29, 1.82) is 0 Å². The Morgan fingerprint density at radius 1 is 1.15 bits per heavy atom. The summed E-state index contributed by atoms with van der Waals surface area (Å²) >= 11 is 0. The average Bonchev–Trinajstić information content (AvgIpc) is 2.65. The third kappa shape index (κ3) is 3.31. The van der Waals surface area contributed by atoms with Crippen LogP contribution in [0.3, 0.4) is 0 Å². The third-order valence-corrected chi connectivity index (χ3v) is 6.19. The largest absolute Gasteiger partial charge is 0.335 e. The van der Waals surface area contributed by atoms with Crippen molar-refractivity contribution >= 4 is 12.1 Å². The number of carbonyl (C=O) groups is 1. The number of likely N-dealkylation sites (tertiary alicyclic amines) is 1. The molecule has 1 N–H and O–H groups in total. The predicted molar refractivity (Wildman–Crippen MR) is 103 cm³/mol. The lowest BCUT2D eigenvalue weighted by atomic mass is 9.81. The van der Waals surface area contributed by atoms with Gasteiger partial charge in [-0.25, -0.2) is 4.79 Å². The summed E-state index contributed by atoms with van der Waals surface area (Å²) < 4.78 is 1.95. The number of carbonyl (C=O) groups excluding carboxylic acids is 1. The van der Waals surface area contributed by atoms with Crippen LogP contribution in [0.5, 0.6) is 0 Å². The van der Waals surface area contributed by atoms with Crippen LogP contribution < -0.4 is 10.9 Å². The van der Waals surface area contributed by atoms with E-state index in [9.17, 15) is 9.59 Å². The van der Waals surface area contributed by atoms with Gasteiger partial charge in [0, 0.05) is 43.4 Å². The molecule has 1 aliphatic carbocycles. The van der Waals surface area contributed by atoms with E-state index in [4.69, 9.17) is 0 Å². The van der Waals surface area contributed by atoms with Crippen molar-refractivity contribution < 1.29 is 4.79 Å². The summed E-state index contributed by atoms with van der Waals surface area (Å²) in [6.45, 7) is 4.19. The maximum Gasteiger partial charge on any atom is 0.317 e. The minimum absolute atomic E-state index is 0.0862. The highest BCUT2D eigenvalue weighted by atomic mass is 16.2. The number of piperidine rings is 1. The molecule has 2 bridgehead atoms. The summed E-state index contributed by atoms with van der Waals surface area (Å²) in [6, 6.07) is 4.03. The van der Waals surface area contributed by atoms with Gasteiger partial charge in [0.05, 0.1) is 0 Å². The molecule has 0 unspecified atom stereocenters. The number of nitrogens with one attached hydrogen (secondary N) is 1. The van der Waals surface area contributed by atoms with E-state index in [0.717, 1.165) is 43.6 Å². The lowest BCUT2D eigenvalue weighted by Gasteiger charge is -2.43. The van der Waals surface area contributed by atoms with E-state index in [1.807, 2.05) is 28.5 Å². The van der Waals surface area contributed by atoms with Gasteiger partial charge in [0.25, 0.3) is 5.56 Å². The zero-order chi connectivity index (χ0) is 18.1. The van der Waals surface area contributed by atoms with Gasteiger partial charge in [-0.1, -0.05) is 31.4 Å². The predicted octanol–water partition coefficient (Wildman–Crippen LogP) is 3.34. The highest BCUT2D eigenvalue weighted by Gasteiger charge is 2.37. The molecule has 4 rings (SSSR count). The lowest BCUT2D eigenvalue weighted by Crippen LogP contribution is -2.53. The fraction of sp³-hybridized carbons (Fsp3) is 0.619. The summed E-state index contributed by atoms with van der Waals surface area (Å²) in [7, 11) is 0. The molecule has 2 aliphatic heterocycles. The number of allylic oxidation sites excluding steroid dienone is 1. The molecule has 1 saturated carbocycles.